The second-order valence-corrected chi connectivity index (χ2v) is 7.39. The van der Waals surface area contributed by atoms with Crippen molar-refractivity contribution in [2.24, 2.45) is 0 Å². The molecule has 3 rings (SSSR count). The smallest absolute Gasteiger partial charge is 0.261 e. The number of para-hydroxylation sites is 1. The van der Waals surface area contributed by atoms with Crippen molar-refractivity contribution < 1.29 is 14.1 Å². The van der Waals surface area contributed by atoms with Crippen molar-refractivity contribution in [2.75, 3.05) is 32.1 Å². The zero-order chi connectivity index (χ0) is 18.0. The summed E-state index contributed by atoms with van der Waals surface area (Å²) in [6, 6.07) is 11.7. The summed E-state index contributed by atoms with van der Waals surface area (Å²) in [5.74, 6) is -0.616. The highest BCUT2D eigenvalue weighted by Crippen LogP contribution is 2.31. The number of carbonyl (C=O) groups is 1. The van der Waals surface area contributed by atoms with E-state index in [4.69, 9.17) is 11.6 Å². The molecule has 1 N–H and O–H groups in total. The summed E-state index contributed by atoms with van der Waals surface area (Å²) in [5.41, 5.74) is 0.703. The number of rotatable bonds is 5. The number of quaternary nitrogens is 1. The van der Waals surface area contributed by atoms with Crippen LogP contribution in [0.15, 0.2) is 42.5 Å². The van der Waals surface area contributed by atoms with Gasteiger partial charge in [-0.3, -0.25) is 9.69 Å². The molecule has 0 fully saturated rings. The number of thiazole rings is 1. The lowest BCUT2D eigenvalue weighted by molar-refractivity contribution is -0.856. The molecule has 0 radical (unpaired) electrons. The SMILES string of the molecule is C[NH+](C)CCN(C(=O)c1ccccc1Cl)c1nc2c(F)cccc2s1. The molecule has 1 amide bonds. The highest BCUT2D eigenvalue weighted by Gasteiger charge is 2.24. The molecule has 0 saturated carbocycles. The lowest BCUT2D eigenvalue weighted by Crippen LogP contribution is -3.06. The van der Waals surface area contributed by atoms with Gasteiger partial charge in [0.05, 0.1) is 42.5 Å². The molecule has 0 atom stereocenters. The quantitative estimate of drug-likeness (QED) is 0.741. The Balaban J connectivity index is 2.03. The van der Waals surface area contributed by atoms with Gasteiger partial charge in [-0.05, 0) is 24.3 Å². The van der Waals surface area contributed by atoms with Gasteiger partial charge in [0.25, 0.3) is 5.91 Å². The normalized spacial score (nSPS) is 11.2. The number of halogens is 2. The van der Waals surface area contributed by atoms with Crippen LogP contribution >= 0.6 is 22.9 Å². The molecular formula is C18H18ClFN3OS+. The average Bonchev–Trinajstić information content (AvgIpc) is 3.00. The van der Waals surface area contributed by atoms with Gasteiger partial charge in [-0.2, -0.15) is 0 Å². The summed E-state index contributed by atoms with van der Waals surface area (Å²) in [7, 11) is 4.02. The first-order chi connectivity index (χ1) is 12.0. The Bertz CT molecular complexity index is 912. The topological polar surface area (TPSA) is 37.6 Å². The number of fused-ring (bicyclic) bond motifs is 1. The highest BCUT2D eigenvalue weighted by molar-refractivity contribution is 7.22. The van der Waals surface area contributed by atoms with E-state index in [1.54, 1.807) is 41.3 Å². The maximum Gasteiger partial charge on any atom is 0.261 e. The number of benzene rings is 2. The number of likely N-dealkylation sites (N-methyl/N-ethyl adjacent to an activating group) is 1. The number of aromatic nitrogens is 1. The molecule has 2 aromatic carbocycles. The molecule has 1 heterocycles. The standard InChI is InChI=1S/C18H17ClFN3OS/c1-22(2)10-11-23(17(24)12-6-3-4-7-13(12)19)18-21-16-14(20)8-5-9-15(16)25-18/h3-9H,10-11H2,1-2H3/p+1. The molecule has 0 saturated heterocycles. The number of carbonyl (C=O) groups excluding carboxylic acids is 1. The molecule has 0 bridgehead atoms. The maximum atomic E-state index is 14.0. The van der Waals surface area contributed by atoms with Crippen molar-refractivity contribution in [3.63, 3.8) is 0 Å². The lowest BCUT2D eigenvalue weighted by Gasteiger charge is -2.21. The van der Waals surface area contributed by atoms with Crippen molar-refractivity contribution in [1.82, 2.24) is 4.98 Å². The van der Waals surface area contributed by atoms with Gasteiger partial charge in [-0.15, -0.1) is 0 Å². The van der Waals surface area contributed by atoms with Gasteiger partial charge in [0.15, 0.2) is 5.13 Å². The summed E-state index contributed by atoms with van der Waals surface area (Å²) < 4.78 is 14.7. The Labute approximate surface area is 154 Å². The third-order valence-corrected chi connectivity index (χ3v) is 5.15. The summed E-state index contributed by atoms with van der Waals surface area (Å²) in [6.45, 7) is 1.20. The molecular weight excluding hydrogens is 361 g/mol. The van der Waals surface area contributed by atoms with Gasteiger partial charge in [0, 0.05) is 0 Å². The van der Waals surface area contributed by atoms with Crippen molar-refractivity contribution in [3.05, 3.63) is 58.9 Å². The van der Waals surface area contributed by atoms with E-state index < -0.39 is 0 Å². The molecule has 4 nitrogen and oxygen atoms in total. The number of hydrogen-bond acceptors (Lipinski definition) is 3. The molecule has 3 aromatic rings. The molecule has 0 unspecified atom stereocenters. The van der Waals surface area contributed by atoms with E-state index in [0.29, 0.717) is 27.0 Å². The Morgan fingerprint density at radius 2 is 2.00 bits per heavy atom. The van der Waals surface area contributed by atoms with Gasteiger partial charge < -0.3 is 4.90 Å². The Morgan fingerprint density at radius 3 is 2.68 bits per heavy atom. The van der Waals surface area contributed by atoms with Crippen LogP contribution in [0.4, 0.5) is 9.52 Å². The second-order valence-electron chi connectivity index (χ2n) is 5.98. The molecule has 0 aliphatic rings. The van der Waals surface area contributed by atoms with Gasteiger partial charge in [-0.25, -0.2) is 9.37 Å². The fraction of sp³-hybridized carbons (Fsp3) is 0.222. The van der Waals surface area contributed by atoms with E-state index in [-0.39, 0.29) is 17.2 Å². The van der Waals surface area contributed by atoms with Crippen LogP contribution in [0.25, 0.3) is 10.2 Å². The molecule has 25 heavy (non-hydrogen) atoms. The van der Waals surface area contributed by atoms with Crippen LogP contribution in [0.1, 0.15) is 10.4 Å². The van der Waals surface area contributed by atoms with Crippen LogP contribution < -0.4 is 9.80 Å². The summed E-state index contributed by atoms with van der Waals surface area (Å²) >= 11 is 7.49. The van der Waals surface area contributed by atoms with E-state index >= 15 is 0 Å². The number of anilines is 1. The summed E-state index contributed by atoms with van der Waals surface area (Å²) in [5, 5.41) is 0.869. The molecule has 1 aromatic heterocycles. The fourth-order valence-electron chi connectivity index (χ4n) is 2.42. The first-order valence-electron chi connectivity index (χ1n) is 7.88. The number of amides is 1. The van der Waals surface area contributed by atoms with E-state index in [1.807, 2.05) is 14.1 Å². The van der Waals surface area contributed by atoms with Crippen LogP contribution in [0.3, 0.4) is 0 Å². The highest BCUT2D eigenvalue weighted by atomic mass is 35.5. The van der Waals surface area contributed by atoms with Gasteiger partial charge in [0.2, 0.25) is 0 Å². The van der Waals surface area contributed by atoms with E-state index in [0.717, 1.165) is 6.54 Å². The van der Waals surface area contributed by atoms with Crippen LogP contribution in [-0.2, 0) is 0 Å². The molecule has 0 aliphatic carbocycles. The minimum atomic E-state index is -0.386. The third-order valence-electron chi connectivity index (χ3n) is 3.77. The first-order valence-corrected chi connectivity index (χ1v) is 9.07. The molecule has 7 heteroatoms. The maximum absolute atomic E-state index is 14.0. The molecule has 0 aliphatic heterocycles. The zero-order valence-corrected chi connectivity index (χ0v) is 15.5. The van der Waals surface area contributed by atoms with E-state index in [2.05, 4.69) is 4.98 Å². The Kier molecular flexibility index (Phi) is 5.32. The largest absolute Gasteiger partial charge is 0.338 e. The van der Waals surface area contributed by atoms with Crippen LogP contribution in [0, 0.1) is 5.82 Å². The van der Waals surface area contributed by atoms with E-state index in [9.17, 15) is 9.18 Å². The van der Waals surface area contributed by atoms with E-state index in [1.165, 1.54) is 22.3 Å². The first kappa shape index (κ1) is 17.8. The fourth-order valence-corrected chi connectivity index (χ4v) is 3.64. The van der Waals surface area contributed by atoms with Crippen LogP contribution in [0.5, 0.6) is 0 Å². The zero-order valence-electron chi connectivity index (χ0n) is 13.9. The summed E-state index contributed by atoms with van der Waals surface area (Å²) in [4.78, 5) is 20.2. The number of nitrogens with one attached hydrogen (secondary N) is 1. The third kappa shape index (κ3) is 3.81. The van der Waals surface area contributed by atoms with Crippen LogP contribution in [0.2, 0.25) is 5.02 Å². The van der Waals surface area contributed by atoms with Crippen molar-refractivity contribution in [1.29, 1.82) is 0 Å². The lowest BCUT2D eigenvalue weighted by atomic mass is 10.2. The number of nitrogens with zero attached hydrogens (tertiary/aromatic N) is 2. The second kappa shape index (κ2) is 7.47. The predicted octanol–water partition coefficient (Wildman–Crippen LogP) is 2.88. The predicted molar refractivity (Wildman–Crippen MR) is 100 cm³/mol. The van der Waals surface area contributed by atoms with Gasteiger partial charge >= 0.3 is 0 Å². The number of hydrogen-bond donors (Lipinski definition) is 1. The van der Waals surface area contributed by atoms with Gasteiger partial charge in [-0.1, -0.05) is 41.1 Å². The molecule has 130 valence electrons. The summed E-state index contributed by atoms with van der Waals surface area (Å²) in [6.07, 6.45) is 0. The monoisotopic (exact) mass is 378 g/mol. The Morgan fingerprint density at radius 1 is 1.24 bits per heavy atom. The molecule has 0 spiro atoms. The Hall–Kier alpha value is -2.02. The minimum Gasteiger partial charge on any atom is -0.338 e. The van der Waals surface area contributed by atoms with Crippen LogP contribution in [-0.4, -0.2) is 38.1 Å². The van der Waals surface area contributed by atoms with Gasteiger partial charge in [0.1, 0.15) is 11.3 Å². The van der Waals surface area contributed by atoms with Crippen molar-refractivity contribution >= 4 is 44.2 Å². The van der Waals surface area contributed by atoms with Crippen molar-refractivity contribution in [3.8, 4) is 0 Å². The van der Waals surface area contributed by atoms with Crippen molar-refractivity contribution in [2.45, 2.75) is 0 Å². The average molecular weight is 379 g/mol. The minimum absolute atomic E-state index is 0.230.